The summed E-state index contributed by atoms with van der Waals surface area (Å²) >= 11 is 1.53. The number of nitrogens with one attached hydrogen (secondary N) is 1. The number of nitrogens with two attached hydrogens (primary N) is 1. The summed E-state index contributed by atoms with van der Waals surface area (Å²) in [6.45, 7) is 0.799. The van der Waals surface area contributed by atoms with Gasteiger partial charge in [0.05, 0.1) is 0 Å². The summed E-state index contributed by atoms with van der Waals surface area (Å²) in [6, 6.07) is 10.2. The number of halogens is 2. The Morgan fingerprint density at radius 2 is 1.93 bits per heavy atom. The summed E-state index contributed by atoms with van der Waals surface area (Å²) in [5.74, 6) is 0. The Bertz CT molecular complexity index is 267. The van der Waals surface area contributed by atoms with Crippen molar-refractivity contribution in [2.45, 2.75) is 6.54 Å². The number of benzene rings is 1. The number of hydrogen-bond donors (Lipinski definition) is 2. The van der Waals surface area contributed by atoms with Gasteiger partial charge in [0.1, 0.15) is 6.54 Å². The van der Waals surface area contributed by atoms with E-state index < -0.39 is 0 Å². The third-order valence-corrected chi connectivity index (χ3v) is 2.11. The Balaban J connectivity index is 0. The van der Waals surface area contributed by atoms with Gasteiger partial charge in [-0.05, 0) is 23.6 Å². The predicted octanol–water partition coefficient (Wildman–Crippen LogP) is -6.05. The molecule has 5 heteroatoms. The number of hydrogen-bond acceptors (Lipinski definition) is 1. The molecule has 0 bridgehead atoms. The molecule has 14 heavy (non-hydrogen) atoms. The Hall–Kier alpha value is 0.0600. The van der Waals surface area contributed by atoms with Crippen molar-refractivity contribution in [3.05, 3.63) is 35.9 Å². The molecule has 0 spiro atoms. The van der Waals surface area contributed by atoms with Crippen molar-refractivity contribution >= 4 is 16.9 Å². The first kappa shape index (κ1) is 16.5. The van der Waals surface area contributed by atoms with Crippen molar-refractivity contribution in [3.63, 3.8) is 0 Å². The molecule has 80 valence electrons. The second-order valence-electron chi connectivity index (χ2n) is 2.41. The molecule has 0 saturated carbocycles. The van der Waals surface area contributed by atoms with Crippen LogP contribution in [0.15, 0.2) is 30.3 Å². The molecule has 0 radical (unpaired) electrons. The molecule has 0 aromatic heterocycles. The highest BCUT2D eigenvalue weighted by molar-refractivity contribution is 8.12. The zero-order valence-electron chi connectivity index (χ0n) is 7.84. The summed E-state index contributed by atoms with van der Waals surface area (Å²) in [5.41, 5.74) is 6.83. The van der Waals surface area contributed by atoms with Crippen LogP contribution < -0.4 is 47.1 Å². The first-order chi connectivity index (χ1) is 5.83. The minimum absolute atomic E-state index is 0. The Kier molecular flexibility index (Phi) is 11.3. The van der Waals surface area contributed by atoms with E-state index in [0.29, 0.717) is 0 Å². The van der Waals surface area contributed by atoms with Crippen molar-refractivity contribution in [2.75, 3.05) is 6.26 Å². The number of rotatable bonds is 2. The Morgan fingerprint density at radius 1 is 1.36 bits per heavy atom. The quantitative estimate of drug-likeness (QED) is 0.319. The third-order valence-electron chi connectivity index (χ3n) is 1.53. The van der Waals surface area contributed by atoms with Crippen LogP contribution >= 0.6 is 11.8 Å². The largest absolute Gasteiger partial charge is 1.00 e. The lowest BCUT2D eigenvalue weighted by atomic mass is 10.2. The lowest BCUT2D eigenvalue weighted by molar-refractivity contribution is -0.473. The molecule has 0 aliphatic carbocycles. The molecular weight excluding hydrogens is 331 g/mol. The normalized spacial score (nSPS) is 9.93. The number of amidine groups is 1. The first-order valence-electron chi connectivity index (χ1n) is 3.77. The molecule has 0 amide bonds. The van der Waals surface area contributed by atoms with Gasteiger partial charge >= 0.3 is 5.17 Å². The predicted molar refractivity (Wildman–Crippen MR) is 53.8 cm³/mol. The van der Waals surface area contributed by atoms with Gasteiger partial charge in [0.25, 0.3) is 0 Å². The highest BCUT2D eigenvalue weighted by Crippen LogP contribution is 1.94. The molecule has 1 aromatic carbocycles. The maximum Gasteiger partial charge on any atom is 0.301 e. The van der Waals surface area contributed by atoms with Crippen molar-refractivity contribution in [1.29, 1.82) is 0 Å². The zero-order chi connectivity index (χ0) is 8.81. The summed E-state index contributed by atoms with van der Waals surface area (Å²) in [7, 11) is 0. The van der Waals surface area contributed by atoms with E-state index in [1.54, 1.807) is 0 Å². The molecule has 2 nitrogen and oxygen atoms in total. The number of thioether (sulfide) groups is 1. The van der Waals surface area contributed by atoms with E-state index in [4.69, 9.17) is 5.73 Å². The van der Waals surface area contributed by atoms with Gasteiger partial charge in [-0.1, -0.05) is 30.3 Å². The van der Waals surface area contributed by atoms with Gasteiger partial charge in [0.15, 0.2) is 0 Å². The van der Waals surface area contributed by atoms with Gasteiger partial charge in [-0.2, -0.15) is 0 Å². The lowest BCUT2D eigenvalue weighted by Crippen LogP contribution is -3.00. The molecule has 0 aliphatic rings. The molecule has 0 aliphatic heterocycles. The van der Waals surface area contributed by atoms with Gasteiger partial charge in [-0.25, -0.2) is 0 Å². The van der Waals surface area contributed by atoms with Crippen LogP contribution in [0, 0.1) is 0 Å². The van der Waals surface area contributed by atoms with Crippen molar-refractivity contribution < 1.29 is 41.4 Å². The van der Waals surface area contributed by atoms with Crippen LogP contribution in [0.1, 0.15) is 5.56 Å². The van der Waals surface area contributed by atoms with E-state index in [0.717, 1.165) is 11.7 Å². The fourth-order valence-electron chi connectivity index (χ4n) is 0.857. The molecule has 1 rings (SSSR count). The first-order valence-corrected chi connectivity index (χ1v) is 4.99. The molecule has 0 unspecified atom stereocenters. The van der Waals surface area contributed by atoms with E-state index >= 15 is 0 Å². The van der Waals surface area contributed by atoms with Gasteiger partial charge in [-0.15, -0.1) is 0 Å². The van der Waals surface area contributed by atoms with Crippen molar-refractivity contribution in [1.82, 2.24) is 0 Å². The minimum Gasteiger partial charge on any atom is -1.00 e. The van der Waals surface area contributed by atoms with Crippen LogP contribution in [0.4, 0.5) is 0 Å². The van der Waals surface area contributed by atoms with Crippen LogP contribution in [0.5, 0.6) is 0 Å². The SMILES string of the molecule is CSC(N)=[NH+]Cc1ccccc1.[Cl-].[I-]. The fraction of sp³-hybridized carbons (Fsp3) is 0.222. The van der Waals surface area contributed by atoms with Crippen molar-refractivity contribution in [2.24, 2.45) is 5.73 Å². The third kappa shape index (κ3) is 6.50. The van der Waals surface area contributed by atoms with E-state index in [2.05, 4.69) is 17.1 Å². The summed E-state index contributed by atoms with van der Waals surface area (Å²) in [6.07, 6.45) is 1.95. The average Bonchev–Trinajstić information content (AvgIpc) is 2.16. The highest BCUT2D eigenvalue weighted by Gasteiger charge is 1.94. The monoisotopic (exact) mass is 343 g/mol. The summed E-state index contributed by atoms with van der Waals surface area (Å²) < 4.78 is 0. The molecular formula is C9H13ClIN2S-. The van der Waals surface area contributed by atoms with E-state index in [9.17, 15) is 0 Å². The molecule has 0 fully saturated rings. The highest BCUT2D eigenvalue weighted by atomic mass is 127. The smallest absolute Gasteiger partial charge is 0.301 e. The van der Waals surface area contributed by atoms with Gasteiger partial charge in [-0.3, -0.25) is 10.7 Å². The topological polar surface area (TPSA) is 40.0 Å². The molecule has 0 heterocycles. The summed E-state index contributed by atoms with van der Waals surface area (Å²) in [4.78, 5) is 3.11. The second-order valence-corrected chi connectivity index (χ2v) is 3.26. The van der Waals surface area contributed by atoms with Crippen LogP contribution in [-0.4, -0.2) is 11.4 Å². The molecule has 0 saturated heterocycles. The lowest BCUT2D eigenvalue weighted by Gasteiger charge is -1.93. The van der Waals surface area contributed by atoms with Crippen LogP contribution in [0.3, 0.4) is 0 Å². The molecule has 0 atom stereocenters. The van der Waals surface area contributed by atoms with Gasteiger partial charge < -0.3 is 36.4 Å². The van der Waals surface area contributed by atoms with Crippen LogP contribution in [0.2, 0.25) is 0 Å². The average molecular weight is 344 g/mol. The zero-order valence-corrected chi connectivity index (χ0v) is 11.6. The van der Waals surface area contributed by atoms with Gasteiger partial charge in [0, 0.05) is 0 Å². The standard InChI is InChI=1S/C9H12N2S.ClH.HI/c1-12-9(10)11-7-8-5-3-2-4-6-8;;/h2-6H,7H2,1H3,(H2,10,11);2*1H/p-1. The molecule has 1 aromatic rings. The maximum atomic E-state index is 5.59. The fourth-order valence-corrected chi connectivity index (χ4v) is 1.07. The van der Waals surface area contributed by atoms with Crippen molar-refractivity contribution in [3.8, 4) is 0 Å². The van der Waals surface area contributed by atoms with E-state index in [1.165, 1.54) is 17.3 Å². The van der Waals surface area contributed by atoms with Gasteiger partial charge in [0.2, 0.25) is 0 Å². The van der Waals surface area contributed by atoms with Crippen LogP contribution in [0.25, 0.3) is 0 Å². The minimum atomic E-state index is 0. The second kappa shape index (κ2) is 9.61. The maximum absolute atomic E-state index is 5.59. The summed E-state index contributed by atoms with van der Waals surface area (Å²) in [5, 5.41) is 0.763. The van der Waals surface area contributed by atoms with Crippen LogP contribution in [-0.2, 0) is 6.54 Å². The van der Waals surface area contributed by atoms with E-state index in [1.807, 2.05) is 24.5 Å². The Labute approximate surface area is 112 Å². The Morgan fingerprint density at radius 3 is 2.43 bits per heavy atom. The van der Waals surface area contributed by atoms with E-state index in [-0.39, 0.29) is 36.4 Å². The molecule has 3 N–H and O–H groups in total.